The summed E-state index contributed by atoms with van der Waals surface area (Å²) in [4.78, 5) is 14.3. The molecule has 0 spiro atoms. The quantitative estimate of drug-likeness (QED) is 0.523. The molecule has 0 aliphatic carbocycles. The average Bonchev–Trinajstić information content (AvgIpc) is 3.58. The summed E-state index contributed by atoms with van der Waals surface area (Å²) in [5.74, 6) is -0.438. The number of likely N-dealkylation sites (tertiary alicyclic amines) is 1. The minimum Gasteiger partial charge on any atom is -0.493 e. The van der Waals surface area contributed by atoms with Gasteiger partial charge in [-0.1, -0.05) is 30.3 Å². The van der Waals surface area contributed by atoms with Gasteiger partial charge in [0.2, 0.25) is 0 Å². The molecule has 2 aromatic carbocycles. The van der Waals surface area contributed by atoms with E-state index in [1.165, 1.54) is 0 Å². The maximum atomic E-state index is 13.4. The van der Waals surface area contributed by atoms with Gasteiger partial charge in [0.25, 0.3) is 5.82 Å². The van der Waals surface area contributed by atoms with Crippen LogP contribution >= 0.6 is 0 Å². The normalized spacial score (nSPS) is 19.4. The molecular weight excluding hydrogens is 487 g/mol. The van der Waals surface area contributed by atoms with Crippen LogP contribution in [0.1, 0.15) is 41.8 Å². The highest BCUT2D eigenvalue weighted by Crippen LogP contribution is 2.35. The smallest absolute Gasteiger partial charge is 0.453 e. The number of hydrogen-bond acceptors (Lipinski definition) is 6. The highest BCUT2D eigenvalue weighted by Gasteiger charge is 2.39. The van der Waals surface area contributed by atoms with E-state index in [4.69, 9.17) is 4.74 Å². The van der Waals surface area contributed by atoms with Crippen molar-refractivity contribution < 1.29 is 22.7 Å². The molecule has 2 N–H and O–H groups in total. The van der Waals surface area contributed by atoms with E-state index in [1.807, 2.05) is 30.0 Å². The Balaban J connectivity index is 1.40. The van der Waals surface area contributed by atoms with Crippen molar-refractivity contribution in [2.75, 3.05) is 26.2 Å². The van der Waals surface area contributed by atoms with Gasteiger partial charge >= 0.3 is 12.2 Å². The number of alkyl halides is 3. The third-order valence-corrected chi connectivity index (χ3v) is 6.82. The summed E-state index contributed by atoms with van der Waals surface area (Å²) < 4.78 is 46.9. The minimum absolute atomic E-state index is 0.0473. The molecule has 1 fully saturated rings. The third-order valence-electron chi connectivity index (χ3n) is 6.82. The van der Waals surface area contributed by atoms with E-state index in [9.17, 15) is 18.0 Å². The van der Waals surface area contributed by atoms with Gasteiger partial charge < -0.3 is 20.3 Å². The lowest BCUT2D eigenvalue weighted by molar-refractivity contribution is -0.146. The second-order valence-corrected chi connectivity index (χ2v) is 9.18. The number of hydrogen-bond donors (Lipinski definition) is 2. The van der Waals surface area contributed by atoms with Gasteiger partial charge in [-0.05, 0) is 47.0 Å². The van der Waals surface area contributed by atoms with Crippen molar-refractivity contribution in [3.8, 4) is 11.4 Å². The zero-order valence-corrected chi connectivity index (χ0v) is 20.3. The molecule has 196 valence electrons. The molecule has 2 aliphatic heterocycles. The Bertz CT molecular complexity index is 1250. The van der Waals surface area contributed by atoms with E-state index in [1.54, 1.807) is 12.1 Å². The fourth-order valence-electron chi connectivity index (χ4n) is 5.08. The minimum atomic E-state index is -4.68. The van der Waals surface area contributed by atoms with Crippen LogP contribution in [0.5, 0.6) is 5.75 Å². The molecule has 2 atom stereocenters. The molecular formula is C25H28F3N7O2. The molecule has 0 unspecified atom stereocenters. The topological polar surface area (TPSA) is 97.2 Å². The summed E-state index contributed by atoms with van der Waals surface area (Å²) in [6.07, 6.45) is -3.36. The van der Waals surface area contributed by atoms with E-state index in [0.717, 1.165) is 27.8 Å². The van der Waals surface area contributed by atoms with E-state index in [-0.39, 0.29) is 23.7 Å². The summed E-state index contributed by atoms with van der Waals surface area (Å²) in [5, 5.41) is 16.5. The molecule has 0 saturated carbocycles. The molecule has 3 aromatic rings. The number of carbonyl (C=O) groups is 1. The summed E-state index contributed by atoms with van der Waals surface area (Å²) in [6, 6.07) is 13.3. The Morgan fingerprint density at radius 3 is 2.78 bits per heavy atom. The second-order valence-electron chi connectivity index (χ2n) is 9.18. The molecule has 12 heteroatoms. The highest BCUT2D eigenvalue weighted by atomic mass is 19.4. The Hall–Kier alpha value is -3.67. The lowest BCUT2D eigenvalue weighted by Crippen LogP contribution is -2.52. The van der Waals surface area contributed by atoms with Crippen LogP contribution in [0.15, 0.2) is 42.5 Å². The van der Waals surface area contributed by atoms with Crippen LogP contribution in [0.2, 0.25) is 0 Å². The predicted octanol–water partition coefficient (Wildman–Crippen LogP) is 3.29. The van der Waals surface area contributed by atoms with Crippen LogP contribution in [0.3, 0.4) is 0 Å². The SMILES string of the molecule is CCNC(=O)N1CC[C@H](NCc2cc(-n3nnnc3C(F)(F)F)cc3c2OCC3)[C@H](c2ccccc2)C1. The maximum absolute atomic E-state index is 13.4. The standard InChI is InChI=1S/C25H28F3N7O2/c1-2-29-24(36)34-10-8-21(20(15-34)16-6-4-3-5-7-16)30-14-18-13-19(12-17-9-11-37-22(17)18)35-23(25(26,27)28)31-32-33-35/h3-7,12-13,20-21,30H,2,8-11,14-15H2,1H3,(H,29,36)/t20-,21-/m0/s1. The maximum Gasteiger partial charge on any atom is 0.453 e. The van der Waals surface area contributed by atoms with Crippen LogP contribution in [0, 0.1) is 0 Å². The van der Waals surface area contributed by atoms with Crippen molar-refractivity contribution in [2.24, 2.45) is 0 Å². The Labute approximate surface area is 212 Å². The van der Waals surface area contributed by atoms with Crippen molar-refractivity contribution in [3.05, 3.63) is 65.0 Å². The average molecular weight is 516 g/mol. The third kappa shape index (κ3) is 5.24. The first kappa shape index (κ1) is 25.0. The van der Waals surface area contributed by atoms with E-state index in [2.05, 4.69) is 38.3 Å². The molecule has 0 radical (unpaired) electrons. The largest absolute Gasteiger partial charge is 0.493 e. The van der Waals surface area contributed by atoms with Gasteiger partial charge in [-0.25, -0.2) is 4.79 Å². The number of fused-ring (bicyclic) bond motifs is 1. The van der Waals surface area contributed by atoms with E-state index in [0.29, 0.717) is 45.0 Å². The molecule has 37 heavy (non-hydrogen) atoms. The molecule has 2 aliphatic rings. The van der Waals surface area contributed by atoms with E-state index >= 15 is 0 Å². The Kier molecular flexibility index (Phi) is 7.00. The summed E-state index contributed by atoms with van der Waals surface area (Å²) in [6.45, 7) is 4.46. The van der Waals surface area contributed by atoms with Crippen molar-refractivity contribution >= 4 is 6.03 Å². The monoisotopic (exact) mass is 515 g/mol. The van der Waals surface area contributed by atoms with Crippen LogP contribution < -0.4 is 15.4 Å². The number of urea groups is 1. The summed E-state index contributed by atoms with van der Waals surface area (Å²) in [5.41, 5.74) is 2.92. The number of carbonyl (C=O) groups excluding carboxylic acids is 1. The number of tetrazole rings is 1. The lowest BCUT2D eigenvalue weighted by Gasteiger charge is -2.39. The van der Waals surface area contributed by atoms with Crippen LogP contribution in [0.4, 0.5) is 18.0 Å². The first-order valence-corrected chi connectivity index (χ1v) is 12.3. The molecule has 9 nitrogen and oxygen atoms in total. The van der Waals surface area contributed by atoms with E-state index < -0.39 is 12.0 Å². The number of piperidine rings is 1. The first-order chi connectivity index (χ1) is 17.8. The number of aromatic nitrogens is 4. The van der Waals surface area contributed by atoms with Gasteiger partial charge in [-0.2, -0.15) is 17.9 Å². The molecule has 1 aromatic heterocycles. The van der Waals surface area contributed by atoms with Crippen molar-refractivity contribution in [2.45, 2.75) is 44.4 Å². The van der Waals surface area contributed by atoms with Gasteiger partial charge in [-0.3, -0.25) is 0 Å². The van der Waals surface area contributed by atoms with Gasteiger partial charge in [0.05, 0.1) is 12.3 Å². The fourth-order valence-corrected chi connectivity index (χ4v) is 5.08. The molecule has 2 amide bonds. The van der Waals surface area contributed by atoms with Gasteiger partial charge in [-0.15, -0.1) is 5.10 Å². The Morgan fingerprint density at radius 2 is 2.03 bits per heavy atom. The molecule has 5 rings (SSSR count). The fraction of sp³-hybridized carbons (Fsp3) is 0.440. The number of rotatable bonds is 6. The van der Waals surface area contributed by atoms with Crippen molar-refractivity contribution in [1.29, 1.82) is 0 Å². The number of amides is 2. The molecule has 0 bridgehead atoms. The van der Waals surface area contributed by atoms with Gasteiger partial charge in [0.15, 0.2) is 0 Å². The van der Waals surface area contributed by atoms with Crippen LogP contribution in [-0.4, -0.2) is 63.4 Å². The zero-order chi connectivity index (χ0) is 26.0. The Morgan fingerprint density at radius 1 is 1.22 bits per heavy atom. The van der Waals surface area contributed by atoms with Crippen molar-refractivity contribution in [3.63, 3.8) is 0 Å². The molecule has 3 heterocycles. The second kappa shape index (κ2) is 10.4. The number of ether oxygens (including phenoxy) is 1. The predicted molar refractivity (Wildman–Crippen MR) is 128 cm³/mol. The number of nitrogens with zero attached hydrogens (tertiary/aromatic N) is 5. The first-order valence-electron chi connectivity index (χ1n) is 12.3. The zero-order valence-electron chi connectivity index (χ0n) is 20.3. The lowest BCUT2D eigenvalue weighted by atomic mass is 9.86. The van der Waals surface area contributed by atoms with Crippen LogP contribution in [0.25, 0.3) is 5.69 Å². The molecule has 1 saturated heterocycles. The highest BCUT2D eigenvalue weighted by molar-refractivity contribution is 5.74. The van der Waals surface area contributed by atoms with Gasteiger partial charge in [0.1, 0.15) is 5.75 Å². The summed E-state index contributed by atoms with van der Waals surface area (Å²) >= 11 is 0. The number of benzene rings is 2. The number of nitrogens with one attached hydrogen (secondary N) is 2. The van der Waals surface area contributed by atoms with Crippen LogP contribution in [-0.2, 0) is 19.1 Å². The van der Waals surface area contributed by atoms with Gasteiger partial charge in [0, 0.05) is 50.1 Å². The number of halogens is 3. The summed E-state index contributed by atoms with van der Waals surface area (Å²) in [7, 11) is 0. The van der Waals surface area contributed by atoms with Crippen molar-refractivity contribution in [1.82, 2.24) is 35.7 Å².